The molecule has 0 spiro atoms. The maximum Gasteiger partial charge on any atom is 0.0114 e. The van der Waals surface area contributed by atoms with Crippen molar-refractivity contribution in [2.45, 2.75) is 50.2 Å². The molecule has 2 rings (SSSR count). The summed E-state index contributed by atoms with van der Waals surface area (Å²) in [5, 5.41) is 0. The van der Waals surface area contributed by atoms with Crippen molar-refractivity contribution < 1.29 is 0 Å². The van der Waals surface area contributed by atoms with Gasteiger partial charge in [0.05, 0.1) is 0 Å². The van der Waals surface area contributed by atoms with Crippen LogP contribution in [-0.4, -0.2) is 29.6 Å². The van der Waals surface area contributed by atoms with Crippen LogP contribution in [0.4, 0.5) is 0 Å². The van der Waals surface area contributed by atoms with Gasteiger partial charge in [-0.1, -0.05) is 6.08 Å². The predicted octanol–water partition coefficient (Wildman–Crippen LogP) is 1.52. The number of nitrogens with zero attached hydrogens (tertiary/aromatic N) is 1. The number of rotatable bonds is 3. The van der Waals surface area contributed by atoms with Crippen LogP contribution < -0.4 is 5.73 Å². The number of fused-ring (bicyclic) bond motifs is 2. The maximum atomic E-state index is 6.00. The van der Waals surface area contributed by atoms with Crippen LogP contribution in [0.5, 0.6) is 0 Å². The van der Waals surface area contributed by atoms with Crippen LogP contribution in [0, 0.1) is 0 Å². The van der Waals surface area contributed by atoms with Crippen LogP contribution in [0.25, 0.3) is 0 Å². The first-order valence-electron chi connectivity index (χ1n) is 5.43. The monoisotopic (exact) mass is 180 g/mol. The molecule has 0 aromatic heterocycles. The van der Waals surface area contributed by atoms with Gasteiger partial charge >= 0.3 is 0 Å². The fraction of sp³-hybridized carbons (Fsp3) is 0.818. The summed E-state index contributed by atoms with van der Waals surface area (Å²) in [6.45, 7) is 4.98. The summed E-state index contributed by atoms with van der Waals surface area (Å²) < 4.78 is 0. The molecule has 0 amide bonds. The fourth-order valence-corrected chi connectivity index (χ4v) is 2.92. The Hall–Kier alpha value is -0.340. The molecule has 2 saturated heterocycles. The third-order valence-electron chi connectivity index (χ3n) is 3.51. The van der Waals surface area contributed by atoms with Crippen molar-refractivity contribution in [3.8, 4) is 0 Å². The van der Waals surface area contributed by atoms with Gasteiger partial charge < -0.3 is 5.73 Å². The second kappa shape index (κ2) is 3.81. The van der Waals surface area contributed by atoms with E-state index in [0.717, 1.165) is 18.5 Å². The van der Waals surface area contributed by atoms with E-state index in [1.54, 1.807) is 0 Å². The summed E-state index contributed by atoms with van der Waals surface area (Å²) in [5.74, 6) is 0. The van der Waals surface area contributed by atoms with Crippen LogP contribution in [0.1, 0.15) is 32.1 Å². The molecule has 2 fully saturated rings. The molecule has 2 nitrogen and oxygen atoms in total. The van der Waals surface area contributed by atoms with Crippen LogP contribution in [0.3, 0.4) is 0 Å². The molecule has 2 bridgehead atoms. The van der Waals surface area contributed by atoms with Gasteiger partial charge in [-0.15, -0.1) is 6.58 Å². The van der Waals surface area contributed by atoms with E-state index in [0.29, 0.717) is 6.04 Å². The van der Waals surface area contributed by atoms with E-state index < -0.39 is 0 Å². The molecular formula is C11H20N2. The third kappa shape index (κ3) is 1.79. The quantitative estimate of drug-likeness (QED) is 0.667. The van der Waals surface area contributed by atoms with Crippen molar-refractivity contribution in [2.75, 3.05) is 6.54 Å². The first-order valence-corrected chi connectivity index (χ1v) is 5.43. The van der Waals surface area contributed by atoms with Gasteiger partial charge in [0.15, 0.2) is 0 Å². The molecule has 74 valence electrons. The average Bonchev–Trinajstić information content (AvgIpc) is 2.33. The Morgan fingerprint density at radius 3 is 2.46 bits per heavy atom. The van der Waals surface area contributed by atoms with E-state index in [1.807, 2.05) is 6.08 Å². The molecule has 2 aliphatic rings. The van der Waals surface area contributed by atoms with E-state index in [4.69, 9.17) is 5.73 Å². The fourth-order valence-electron chi connectivity index (χ4n) is 2.92. The standard InChI is InChI=1S/C11H20N2/c1-2-3-6-13-10-4-5-11(13)8-9(12)7-10/h2,9-11H,1,3-8,12H2. The summed E-state index contributed by atoms with van der Waals surface area (Å²) in [5.41, 5.74) is 6.00. The average molecular weight is 180 g/mol. The van der Waals surface area contributed by atoms with E-state index in [9.17, 15) is 0 Å². The molecule has 2 unspecified atom stereocenters. The minimum atomic E-state index is 0.470. The van der Waals surface area contributed by atoms with Crippen molar-refractivity contribution in [3.05, 3.63) is 12.7 Å². The molecule has 0 aliphatic carbocycles. The molecule has 0 radical (unpaired) electrons. The van der Waals surface area contributed by atoms with E-state index in [-0.39, 0.29) is 0 Å². The molecule has 0 aromatic carbocycles. The minimum Gasteiger partial charge on any atom is -0.328 e. The highest BCUT2D eigenvalue weighted by Gasteiger charge is 2.38. The number of nitrogens with two attached hydrogens (primary N) is 1. The van der Waals surface area contributed by atoms with Gasteiger partial charge in [0.2, 0.25) is 0 Å². The van der Waals surface area contributed by atoms with Crippen LogP contribution in [0.2, 0.25) is 0 Å². The lowest BCUT2D eigenvalue weighted by molar-refractivity contribution is 0.130. The topological polar surface area (TPSA) is 29.3 Å². The Kier molecular flexibility index (Phi) is 2.70. The van der Waals surface area contributed by atoms with Crippen molar-refractivity contribution in [1.29, 1.82) is 0 Å². The second-order valence-electron chi connectivity index (χ2n) is 4.43. The minimum absolute atomic E-state index is 0.470. The summed E-state index contributed by atoms with van der Waals surface area (Å²) in [4.78, 5) is 2.66. The molecule has 2 atom stereocenters. The molecule has 0 saturated carbocycles. The van der Waals surface area contributed by atoms with E-state index >= 15 is 0 Å². The molecule has 2 heteroatoms. The van der Waals surface area contributed by atoms with Gasteiger partial charge in [0.1, 0.15) is 0 Å². The Morgan fingerprint density at radius 1 is 1.31 bits per heavy atom. The Balaban J connectivity index is 1.94. The van der Waals surface area contributed by atoms with Gasteiger partial charge in [-0.25, -0.2) is 0 Å². The zero-order chi connectivity index (χ0) is 9.26. The van der Waals surface area contributed by atoms with Crippen molar-refractivity contribution in [2.24, 2.45) is 5.73 Å². The highest BCUT2D eigenvalue weighted by Crippen LogP contribution is 2.34. The van der Waals surface area contributed by atoms with Crippen LogP contribution >= 0.6 is 0 Å². The second-order valence-corrected chi connectivity index (χ2v) is 4.43. The number of hydrogen-bond acceptors (Lipinski definition) is 2. The Morgan fingerprint density at radius 2 is 1.92 bits per heavy atom. The Bertz CT molecular complexity index is 177. The van der Waals surface area contributed by atoms with Gasteiger partial charge in [0.25, 0.3) is 0 Å². The molecule has 2 N–H and O–H groups in total. The Labute approximate surface area is 80.8 Å². The highest BCUT2D eigenvalue weighted by molar-refractivity contribution is 4.96. The highest BCUT2D eigenvalue weighted by atomic mass is 15.2. The molecule has 13 heavy (non-hydrogen) atoms. The smallest absolute Gasteiger partial charge is 0.0114 e. The van der Waals surface area contributed by atoms with Crippen molar-refractivity contribution >= 4 is 0 Å². The zero-order valence-corrected chi connectivity index (χ0v) is 8.28. The third-order valence-corrected chi connectivity index (χ3v) is 3.51. The van der Waals surface area contributed by atoms with Crippen LogP contribution in [0.15, 0.2) is 12.7 Å². The first-order chi connectivity index (χ1) is 6.31. The zero-order valence-electron chi connectivity index (χ0n) is 8.28. The predicted molar refractivity (Wildman–Crippen MR) is 55.5 cm³/mol. The van der Waals surface area contributed by atoms with Gasteiger partial charge in [-0.2, -0.15) is 0 Å². The molecule has 2 aliphatic heterocycles. The number of hydrogen-bond donors (Lipinski definition) is 1. The lowest BCUT2D eigenvalue weighted by atomic mass is 9.98. The van der Waals surface area contributed by atoms with Gasteiger partial charge in [0, 0.05) is 24.7 Å². The lowest BCUT2D eigenvalue weighted by Crippen LogP contribution is -2.47. The molecule has 0 aromatic rings. The van der Waals surface area contributed by atoms with E-state index in [2.05, 4.69) is 11.5 Å². The largest absolute Gasteiger partial charge is 0.328 e. The molecular weight excluding hydrogens is 160 g/mol. The lowest BCUT2D eigenvalue weighted by Gasteiger charge is -2.37. The maximum absolute atomic E-state index is 6.00. The summed E-state index contributed by atoms with van der Waals surface area (Å²) >= 11 is 0. The first kappa shape index (κ1) is 9.22. The summed E-state index contributed by atoms with van der Waals surface area (Å²) in [7, 11) is 0. The van der Waals surface area contributed by atoms with Gasteiger partial charge in [-0.05, 0) is 32.1 Å². The normalized spacial score (nSPS) is 39.3. The molecule has 2 heterocycles. The van der Waals surface area contributed by atoms with Crippen molar-refractivity contribution in [3.63, 3.8) is 0 Å². The summed E-state index contributed by atoms with van der Waals surface area (Å²) in [6, 6.07) is 2.04. The van der Waals surface area contributed by atoms with Crippen LogP contribution in [-0.2, 0) is 0 Å². The number of piperidine rings is 1. The SMILES string of the molecule is C=CCCN1C2CCC1CC(N)C2. The van der Waals surface area contributed by atoms with E-state index in [1.165, 1.54) is 32.2 Å². The van der Waals surface area contributed by atoms with Crippen molar-refractivity contribution in [1.82, 2.24) is 4.90 Å². The van der Waals surface area contributed by atoms with Gasteiger partial charge in [-0.3, -0.25) is 4.90 Å². The summed E-state index contributed by atoms with van der Waals surface area (Å²) in [6.07, 6.45) is 8.32.